The second-order valence-corrected chi connectivity index (χ2v) is 5.62. The summed E-state index contributed by atoms with van der Waals surface area (Å²) in [6.45, 7) is 6.23. The molecule has 22 heavy (non-hydrogen) atoms. The van der Waals surface area contributed by atoms with Crippen molar-refractivity contribution in [2.75, 3.05) is 25.6 Å². The van der Waals surface area contributed by atoms with Crippen LogP contribution in [0.3, 0.4) is 0 Å². The number of anilines is 1. The molecule has 0 amide bonds. The van der Waals surface area contributed by atoms with Gasteiger partial charge in [-0.3, -0.25) is 4.68 Å². The smallest absolute Gasteiger partial charge is 0.127 e. The molecule has 0 aliphatic rings. The third kappa shape index (κ3) is 3.84. The van der Waals surface area contributed by atoms with E-state index in [9.17, 15) is 0 Å². The van der Waals surface area contributed by atoms with Crippen LogP contribution in [0.1, 0.15) is 22.5 Å². The van der Waals surface area contributed by atoms with E-state index in [4.69, 9.17) is 5.11 Å². The molecule has 0 atom stereocenters. The Balaban J connectivity index is 1.93. The van der Waals surface area contributed by atoms with Gasteiger partial charge in [-0.05, 0) is 25.5 Å². The lowest BCUT2D eigenvalue weighted by molar-refractivity contribution is 0.267. The molecule has 0 bridgehead atoms. The van der Waals surface area contributed by atoms with Crippen molar-refractivity contribution in [1.29, 1.82) is 0 Å². The van der Waals surface area contributed by atoms with Gasteiger partial charge in [-0.25, -0.2) is 4.98 Å². The largest absolute Gasteiger partial charge is 0.394 e. The van der Waals surface area contributed by atoms with E-state index in [-0.39, 0.29) is 6.61 Å². The number of pyridine rings is 1. The number of nitrogens with zero attached hydrogens (tertiary/aromatic N) is 4. The molecule has 2 aromatic heterocycles. The first-order valence-electron chi connectivity index (χ1n) is 7.49. The average molecular weight is 303 g/mol. The van der Waals surface area contributed by atoms with E-state index in [1.54, 1.807) is 0 Å². The highest BCUT2D eigenvalue weighted by Crippen LogP contribution is 2.13. The molecule has 0 saturated heterocycles. The van der Waals surface area contributed by atoms with E-state index in [2.05, 4.69) is 21.5 Å². The predicted octanol–water partition coefficient (Wildman–Crippen LogP) is 1.24. The number of hydrogen-bond acceptors (Lipinski definition) is 5. The molecule has 0 aromatic carbocycles. The maximum atomic E-state index is 9.04. The van der Waals surface area contributed by atoms with Crippen molar-refractivity contribution in [1.82, 2.24) is 20.1 Å². The molecule has 0 fully saturated rings. The zero-order valence-electron chi connectivity index (χ0n) is 13.8. The summed E-state index contributed by atoms with van der Waals surface area (Å²) in [4.78, 5) is 6.39. The van der Waals surface area contributed by atoms with Gasteiger partial charge < -0.3 is 15.3 Å². The maximum absolute atomic E-state index is 9.04. The summed E-state index contributed by atoms with van der Waals surface area (Å²) >= 11 is 0. The summed E-state index contributed by atoms with van der Waals surface area (Å²) in [7, 11) is 3.96. The van der Waals surface area contributed by atoms with Gasteiger partial charge >= 0.3 is 0 Å². The highest BCUT2D eigenvalue weighted by atomic mass is 16.3. The minimum Gasteiger partial charge on any atom is -0.394 e. The second kappa shape index (κ2) is 7.38. The third-order valence-electron chi connectivity index (χ3n) is 3.74. The molecule has 0 radical (unpaired) electrons. The van der Waals surface area contributed by atoms with E-state index in [0.717, 1.165) is 35.9 Å². The Morgan fingerprint density at radius 3 is 2.59 bits per heavy atom. The van der Waals surface area contributed by atoms with Crippen molar-refractivity contribution in [2.24, 2.45) is 0 Å². The molecule has 0 aliphatic heterocycles. The molecule has 2 rings (SSSR count). The Hall–Kier alpha value is -1.92. The molecule has 0 aliphatic carbocycles. The Kier molecular flexibility index (Phi) is 5.51. The third-order valence-corrected chi connectivity index (χ3v) is 3.74. The number of aromatic nitrogens is 3. The Morgan fingerprint density at radius 1 is 1.23 bits per heavy atom. The molecule has 6 nitrogen and oxygen atoms in total. The number of aryl methyl sites for hydroxylation is 1. The van der Waals surface area contributed by atoms with Crippen LogP contribution in [0.5, 0.6) is 0 Å². The van der Waals surface area contributed by atoms with E-state index < -0.39 is 0 Å². The fourth-order valence-corrected chi connectivity index (χ4v) is 2.42. The number of aliphatic hydroxyl groups is 1. The van der Waals surface area contributed by atoms with E-state index >= 15 is 0 Å². The monoisotopic (exact) mass is 303 g/mol. The summed E-state index contributed by atoms with van der Waals surface area (Å²) < 4.78 is 1.86. The van der Waals surface area contributed by atoms with Gasteiger partial charge in [0.05, 0.1) is 18.8 Å². The first-order valence-corrected chi connectivity index (χ1v) is 7.49. The van der Waals surface area contributed by atoms with Crippen LogP contribution in [0.2, 0.25) is 0 Å². The normalized spacial score (nSPS) is 11.0. The molecule has 6 heteroatoms. The Labute approximate surface area is 131 Å². The van der Waals surface area contributed by atoms with Crippen LogP contribution in [0.25, 0.3) is 0 Å². The molecular weight excluding hydrogens is 278 g/mol. The molecule has 2 aromatic rings. The summed E-state index contributed by atoms with van der Waals surface area (Å²) in [5, 5.41) is 16.9. The number of nitrogens with one attached hydrogen (secondary N) is 1. The second-order valence-electron chi connectivity index (χ2n) is 5.62. The number of rotatable bonds is 7. The van der Waals surface area contributed by atoms with Crippen molar-refractivity contribution in [2.45, 2.75) is 33.5 Å². The number of hydrogen-bond donors (Lipinski definition) is 2. The van der Waals surface area contributed by atoms with Gasteiger partial charge in [-0.1, -0.05) is 6.07 Å². The lowest BCUT2D eigenvalue weighted by Crippen LogP contribution is -2.15. The van der Waals surface area contributed by atoms with Gasteiger partial charge in [0.2, 0.25) is 0 Å². The average Bonchev–Trinajstić information content (AvgIpc) is 2.75. The zero-order chi connectivity index (χ0) is 16.1. The van der Waals surface area contributed by atoms with Crippen LogP contribution in [-0.4, -0.2) is 40.6 Å². The van der Waals surface area contributed by atoms with E-state index in [1.165, 1.54) is 5.56 Å². The molecule has 2 N–H and O–H groups in total. The van der Waals surface area contributed by atoms with Gasteiger partial charge in [-0.15, -0.1) is 0 Å². The number of aliphatic hydroxyl groups excluding tert-OH is 1. The van der Waals surface area contributed by atoms with Crippen molar-refractivity contribution in [3.05, 3.63) is 40.8 Å². The van der Waals surface area contributed by atoms with Gasteiger partial charge in [-0.2, -0.15) is 5.10 Å². The summed E-state index contributed by atoms with van der Waals surface area (Å²) in [6.07, 6.45) is 1.90. The predicted molar refractivity (Wildman–Crippen MR) is 87.9 cm³/mol. The van der Waals surface area contributed by atoms with Crippen LogP contribution in [-0.2, 0) is 19.6 Å². The minimum absolute atomic E-state index is 0.110. The van der Waals surface area contributed by atoms with Gasteiger partial charge in [0, 0.05) is 44.6 Å². The van der Waals surface area contributed by atoms with Crippen molar-refractivity contribution in [3.63, 3.8) is 0 Å². The van der Waals surface area contributed by atoms with Crippen LogP contribution in [0.4, 0.5) is 5.82 Å². The summed E-state index contributed by atoms with van der Waals surface area (Å²) in [6, 6.07) is 4.11. The van der Waals surface area contributed by atoms with Gasteiger partial charge in [0.15, 0.2) is 0 Å². The minimum atomic E-state index is 0.110. The summed E-state index contributed by atoms with van der Waals surface area (Å²) in [5.74, 6) is 0.959. The van der Waals surface area contributed by atoms with E-state index in [0.29, 0.717) is 6.54 Å². The fourth-order valence-electron chi connectivity index (χ4n) is 2.42. The quantitative estimate of drug-likeness (QED) is 0.806. The maximum Gasteiger partial charge on any atom is 0.127 e. The van der Waals surface area contributed by atoms with Crippen LogP contribution in [0.15, 0.2) is 18.3 Å². The Morgan fingerprint density at radius 2 is 2.00 bits per heavy atom. The fraction of sp³-hybridized carbons (Fsp3) is 0.500. The van der Waals surface area contributed by atoms with Crippen molar-refractivity contribution in [3.8, 4) is 0 Å². The van der Waals surface area contributed by atoms with Crippen LogP contribution < -0.4 is 10.2 Å². The van der Waals surface area contributed by atoms with Crippen molar-refractivity contribution < 1.29 is 5.11 Å². The first kappa shape index (κ1) is 16.5. The molecule has 0 saturated carbocycles. The highest BCUT2D eigenvalue weighted by Gasteiger charge is 2.10. The molecule has 2 heterocycles. The van der Waals surface area contributed by atoms with Gasteiger partial charge in [0.25, 0.3) is 0 Å². The summed E-state index contributed by atoms with van der Waals surface area (Å²) in [5.41, 5.74) is 4.48. The zero-order valence-corrected chi connectivity index (χ0v) is 13.8. The van der Waals surface area contributed by atoms with E-state index in [1.807, 2.05) is 49.8 Å². The van der Waals surface area contributed by atoms with Crippen molar-refractivity contribution >= 4 is 5.82 Å². The van der Waals surface area contributed by atoms with Crippen LogP contribution in [0, 0.1) is 13.8 Å². The lowest BCUT2D eigenvalue weighted by atomic mass is 10.2. The first-order chi connectivity index (χ1) is 10.5. The highest BCUT2D eigenvalue weighted by molar-refractivity contribution is 5.37. The van der Waals surface area contributed by atoms with Crippen LogP contribution >= 0.6 is 0 Å². The standard InChI is InChI=1S/C16H25N5O/c1-12-15(13(2)21(19-12)7-8-22)11-17-9-14-5-6-16(18-10-14)20(3)4/h5-6,10,17,22H,7-9,11H2,1-4H3. The molecule has 0 spiro atoms. The Bertz CT molecular complexity index is 604. The lowest BCUT2D eigenvalue weighted by Gasteiger charge is -2.11. The molecule has 120 valence electrons. The molecular formula is C16H25N5O. The van der Waals surface area contributed by atoms with Gasteiger partial charge in [0.1, 0.15) is 5.82 Å². The topological polar surface area (TPSA) is 66.2 Å². The SMILES string of the molecule is Cc1nn(CCO)c(C)c1CNCc1ccc(N(C)C)nc1. The molecule has 0 unspecified atom stereocenters.